The lowest BCUT2D eigenvalue weighted by atomic mass is 10.1. The van der Waals surface area contributed by atoms with E-state index in [1.165, 1.54) is 0 Å². The molecule has 1 aromatic rings. The van der Waals surface area contributed by atoms with E-state index in [0.29, 0.717) is 24.7 Å². The molecule has 0 spiro atoms. The van der Waals surface area contributed by atoms with Gasteiger partial charge in [-0.05, 0) is 39.2 Å². The first-order valence-corrected chi connectivity index (χ1v) is 6.62. The summed E-state index contributed by atoms with van der Waals surface area (Å²) in [6.07, 6.45) is 0. The van der Waals surface area contributed by atoms with Crippen LogP contribution in [0.25, 0.3) is 0 Å². The van der Waals surface area contributed by atoms with Crippen molar-refractivity contribution in [2.24, 2.45) is 0 Å². The minimum absolute atomic E-state index is 0.501. The lowest BCUT2D eigenvalue weighted by Gasteiger charge is -2.27. The number of nitrogens with zero attached hydrogens (tertiary/aromatic N) is 1. The van der Waals surface area contributed by atoms with Crippen molar-refractivity contribution in [2.45, 2.75) is 19.1 Å². The van der Waals surface area contributed by atoms with Crippen LogP contribution in [0, 0.1) is 0 Å². The standard InChI is InChI=1S/C14H23ClN2O2/c1-14(18,10-17(2)3)9-16-8-11-7-12(15)5-6-13(11)19-4/h5-7,16,18H,8-10H2,1-4H3. The maximum atomic E-state index is 10.2. The average molecular weight is 287 g/mol. The van der Waals surface area contributed by atoms with Crippen LogP contribution in [0.5, 0.6) is 5.75 Å². The highest BCUT2D eigenvalue weighted by atomic mass is 35.5. The summed E-state index contributed by atoms with van der Waals surface area (Å²) >= 11 is 5.97. The molecule has 108 valence electrons. The van der Waals surface area contributed by atoms with Crippen LogP contribution in [0.15, 0.2) is 18.2 Å². The molecule has 0 fully saturated rings. The van der Waals surface area contributed by atoms with Crippen LogP contribution < -0.4 is 10.1 Å². The third-order valence-corrected chi connectivity index (χ3v) is 2.96. The molecule has 0 radical (unpaired) electrons. The second-order valence-corrected chi connectivity index (χ2v) is 5.73. The maximum absolute atomic E-state index is 10.2. The van der Waals surface area contributed by atoms with E-state index in [0.717, 1.165) is 11.3 Å². The Morgan fingerprint density at radius 3 is 2.68 bits per heavy atom. The van der Waals surface area contributed by atoms with Crippen molar-refractivity contribution in [1.82, 2.24) is 10.2 Å². The fraction of sp³-hybridized carbons (Fsp3) is 0.571. The molecule has 0 aliphatic heterocycles. The molecule has 2 N–H and O–H groups in total. The van der Waals surface area contributed by atoms with Gasteiger partial charge in [-0.25, -0.2) is 0 Å². The average Bonchev–Trinajstić information content (AvgIpc) is 2.27. The summed E-state index contributed by atoms with van der Waals surface area (Å²) in [5.41, 5.74) is 0.214. The van der Waals surface area contributed by atoms with E-state index >= 15 is 0 Å². The van der Waals surface area contributed by atoms with Gasteiger partial charge in [-0.2, -0.15) is 0 Å². The van der Waals surface area contributed by atoms with E-state index in [4.69, 9.17) is 16.3 Å². The Morgan fingerprint density at radius 2 is 2.11 bits per heavy atom. The fourth-order valence-corrected chi connectivity index (χ4v) is 2.28. The molecular weight excluding hydrogens is 264 g/mol. The van der Waals surface area contributed by atoms with Gasteiger partial charge in [0.25, 0.3) is 0 Å². The Bertz CT molecular complexity index is 408. The van der Waals surface area contributed by atoms with Crippen LogP contribution in [-0.2, 0) is 6.54 Å². The Hall–Kier alpha value is -0.810. The molecule has 0 saturated carbocycles. The summed E-state index contributed by atoms with van der Waals surface area (Å²) in [5.74, 6) is 0.796. The number of benzene rings is 1. The van der Waals surface area contributed by atoms with Gasteiger partial charge in [-0.1, -0.05) is 11.6 Å². The SMILES string of the molecule is COc1ccc(Cl)cc1CNCC(C)(O)CN(C)C. The van der Waals surface area contributed by atoms with E-state index in [1.807, 2.05) is 38.1 Å². The van der Waals surface area contributed by atoms with Gasteiger partial charge in [0.15, 0.2) is 0 Å². The molecule has 4 nitrogen and oxygen atoms in total. The monoisotopic (exact) mass is 286 g/mol. The van der Waals surface area contributed by atoms with E-state index in [2.05, 4.69) is 5.32 Å². The third kappa shape index (κ3) is 5.78. The van der Waals surface area contributed by atoms with E-state index in [-0.39, 0.29) is 0 Å². The second kappa shape index (κ2) is 7.10. The molecule has 0 saturated heterocycles. The Balaban J connectivity index is 2.55. The van der Waals surface area contributed by atoms with E-state index in [1.54, 1.807) is 13.2 Å². The zero-order valence-corrected chi connectivity index (χ0v) is 12.8. The van der Waals surface area contributed by atoms with Crippen LogP contribution in [0.1, 0.15) is 12.5 Å². The molecule has 0 aliphatic rings. The summed E-state index contributed by atoms with van der Waals surface area (Å²) in [5, 5.41) is 14.1. The van der Waals surface area contributed by atoms with Gasteiger partial charge in [-0.3, -0.25) is 0 Å². The minimum atomic E-state index is -0.769. The molecule has 1 aromatic carbocycles. The lowest BCUT2D eigenvalue weighted by Crippen LogP contribution is -2.45. The van der Waals surface area contributed by atoms with Crippen molar-refractivity contribution >= 4 is 11.6 Å². The number of ether oxygens (including phenoxy) is 1. The zero-order chi connectivity index (χ0) is 14.5. The van der Waals surface area contributed by atoms with E-state index < -0.39 is 5.60 Å². The predicted octanol–water partition coefficient (Wildman–Crippen LogP) is 1.75. The summed E-state index contributed by atoms with van der Waals surface area (Å²) in [7, 11) is 5.51. The van der Waals surface area contributed by atoms with Crippen LogP contribution in [0.2, 0.25) is 5.02 Å². The van der Waals surface area contributed by atoms with Crippen molar-refractivity contribution < 1.29 is 9.84 Å². The van der Waals surface area contributed by atoms with Crippen LogP contribution in [0.3, 0.4) is 0 Å². The minimum Gasteiger partial charge on any atom is -0.496 e. The highest BCUT2D eigenvalue weighted by Gasteiger charge is 2.20. The van der Waals surface area contributed by atoms with Crippen molar-refractivity contribution in [3.8, 4) is 5.75 Å². The van der Waals surface area contributed by atoms with Crippen LogP contribution in [-0.4, -0.2) is 49.9 Å². The quantitative estimate of drug-likeness (QED) is 0.802. The molecule has 19 heavy (non-hydrogen) atoms. The van der Waals surface area contributed by atoms with Crippen molar-refractivity contribution in [3.63, 3.8) is 0 Å². The fourth-order valence-electron chi connectivity index (χ4n) is 2.09. The van der Waals surface area contributed by atoms with Gasteiger partial charge in [0, 0.05) is 30.2 Å². The van der Waals surface area contributed by atoms with Gasteiger partial charge in [0.2, 0.25) is 0 Å². The molecule has 0 aromatic heterocycles. The predicted molar refractivity (Wildman–Crippen MR) is 78.9 cm³/mol. The first kappa shape index (κ1) is 16.2. The number of rotatable bonds is 7. The molecule has 5 heteroatoms. The molecule has 1 unspecified atom stereocenters. The summed E-state index contributed by atoms with van der Waals surface area (Å²) in [4.78, 5) is 1.96. The first-order valence-electron chi connectivity index (χ1n) is 6.24. The van der Waals surface area contributed by atoms with Crippen LogP contribution in [0.4, 0.5) is 0 Å². The number of hydrogen-bond donors (Lipinski definition) is 2. The second-order valence-electron chi connectivity index (χ2n) is 5.29. The normalized spacial score (nSPS) is 14.5. The van der Waals surface area contributed by atoms with E-state index in [9.17, 15) is 5.11 Å². The highest BCUT2D eigenvalue weighted by Crippen LogP contribution is 2.22. The van der Waals surface area contributed by atoms with Crippen LogP contribution >= 0.6 is 11.6 Å². The number of nitrogens with one attached hydrogen (secondary N) is 1. The summed E-state index contributed by atoms with van der Waals surface area (Å²) in [6.45, 7) is 3.52. The van der Waals surface area contributed by atoms with Crippen molar-refractivity contribution in [3.05, 3.63) is 28.8 Å². The number of likely N-dealkylation sites (N-methyl/N-ethyl adjacent to an activating group) is 1. The molecular formula is C14H23ClN2O2. The molecule has 1 atom stereocenters. The largest absolute Gasteiger partial charge is 0.496 e. The zero-order valence-electron chi connectivity index (χ0n) is 12.0. The molecule has 0 aliphatic carbocycles. The van der Waals surface area contributed by atoms with Gasteiger partial charge in [-0.15, -0.1) is 0 Å². The number of methoxy groups -OCH3 is 1. The Morgan fingerprint density at radius 1 is 1.42 bits per heavy atom. The van der Waals surface area contributed by atoms with Gasteiger partial charge in [0.1, 0.15) is 5.75 Å². The molecule has 1 rings (SSSR count). The number of halogens is 1. The van der Waals surface area contributed by atoms with Gasteiger partial charge < -0.3 is 20.1 Å². The maximum Gasteiger partial charge on any atom is 0.123 e. The lowest BCUT2D eigenvalue weighted by molar-refractivity contribution is 0.0335. The topological polar surface area (TPSA) is 44.7 Å². The smallest absolute Gasteiger partial charge is 0.123 e. The van der Waals surface area contributed by atoms with Gasteiger partial charge >= 0.3 is 0 Å². The highest BCUT2D eigenvalue weighted by molar-refractivity contribution is 6.30. The first-order chi connectivity index (χ1) is 8.84. The summed E-state index contributed by atoms with van der Waals surface area (Å²) in [6, 6.07) is 5.51. The third-order valence-electron chi connectivity index (χ3n) is 2.72. The number of hydrogen-bond acceptors (Lipinski definition) is 4. The van der Waals surface area contributed by atoms with Crippen molar-refractivity contribution in [2.75, 3.05) is 34.3 Å². The van der Waals surface area contributed by atoms with Crippen molar-refractivity contribution in [1.29, 1.82) is 0 Å². The Kier molecular flexibility index (Phi) is 6.07. The Labute approximate surface area is 120 Å². The summed E-state index contributed by atoms with van der Waals surface area (Å²) < 4.78 is 5.28. The number of aliphatic hydroxyl groups is 1. The molecule has 0 bridgehead atoms. The molecule has 0 heterocycles. The van der Waals surface area contributed by atoms with Gasteiger partial charge in [0.05, 0.1) is 12.7 Å². The molecule has 0 amide bonds.